The number of thiophene rings is 1. The van der Waals surface area contributed by atoms with Crippen LogP contribution in [-0.2, 0) is 6.54 Å². The molecule has 7 nitrogen and oxygen atoms in total. The van der Waals surface area contributed by atoms with Crippen LogP contribution in [0.25, 0.3) is 11.0 Å². The van der Waals surface area contributed by atoms with Gasteiger partial charge in [0.1, 0.15) is 0 Å². The van der Waals surface area contributed by atoms with E-state index >= 15 is 0 Å². The molecule has 1 aromatic carbocycles. The molecule has 9 heteroatoms. The van der Waals surface area contributed by atoms with Crippen molar-refractivity contribution in [3.63, 3.8) is 0 Å². The molecule has 24 heavy (non-hydrogen) atoms. The van der Waals surface area contributed by atoms with Crippen LogP contribution in [0.4, 0.5) is 5.95 Å². The van der Waals surface area contributed by atoms with Gasteiger partial charge in [-0.15, -0.1) is 16.4 Å². The van der Waals surface area contributed by atoms with Crippen molar-refractivity contribution >= 4 is 45.8 Å². The fourth-order valence-corrected chi connectivity index (χ4v) is 3.12. The first-order chi connectivity index (χ1) is 11.7. The van der Waals surface area contributed by atoms with Gasteiger partial charge < -0.3 is 4.98 Å². The second kappa shape index (κ2) is 6.06. The van der Waals surface area contributed by atoms with Crippen molar-refractivity contribution in [2.24, 2.45) is 0 Å². The highest BCUT2D eigenvalue weighted by Gasteiger charge is 2.13. The molecule has 1 amide bonds. The number of aromatic amines is 1. The second-order valence-corrected chi connectivity index (χ2v) is 6.55. The van der Waals surface area contributed by atoms with E-state index in [1.165, 1.54) is 0 Å². The first-order valence-electron chi connectivity index (χ1n) is 7.06. The van der Waals surface area contributed by atoms with Crippen molar-refractivity contribution in [3.05, 3.63) is 57.5 Å². The van der Waals surface area contributed by atoms with Crippen LogP contribution in [0, 0.1) is 0 Å². The lowest BCUT2D eigenvalue weighted by Gasteiger charge is -1.97. The van der Waals surface area contributed by atoms with E-state index in [0.29, 0.717) is 17.5 Å². The molecule has 0 saturated heterocycles. The largest absolute Gasteiger partial charge is 0.324 e. The van der Waals surface area contributed by atoms with E-state index in [9.17, 15) is 4.79 Å². The summed E-state index contributed by atoms with van der Waals surface area (Å²) in [6.45, 7) is 0.584. The molecule has 2 N–H and O–H groups in total. The lowest BCUT2D eigenvalue weighted by atomic mass is 10.3. The number of aromatic nitrogens is 5. The molecule has 0 aliphatic carbocycles. The molecular weight excluding hydrogens is 348 g/mol. The summed E-state index contributed by atoms with van der Waals surface area (Å²) in [5.74, 6) is -0.0392. The first kappa shape index (κ1) is 14.9. The van der Waals surface area contributed by atoms with Gasteiger partial charge in [0, 0.05) is 9.90 Å². The number of carbonyl (C=O) groups excluding carboxylic acids is 1. The topological polar surface area (TPSA) is 88.5 Å². The van der Waals surface area contributed by atoms with Crippen LogP contribution in [0.15, 0.2) is 41.9 Å². The predicted molar refractivity (Wildman–Crippen MR) is 92.5 cm³/mol. The van der Waals surface area contributed by atoms with Crippen molar-refractivity contribution in [2.75, 3.05) is 5.32 Å². The van der Waals surface area contributed by atoms with Crippen molar-refractivity contribution < 1.29 is 4.79 Å². The Hall–Kier alpha value is -2.71. The first-order valence-corrected chi connectivity index (χ1v) is 8.32. The monoisotopic (exact) mass is 358 g/mol. The fraction of sp³-hybridized carbons (Fsp3) is 0.0667. The highest BCUT2D eigenvalue weighted by atomic mass is 35.5. The minimum atomic E-state index is -0.377. The number of amides is 1. The normalized spacial score (nSPS) is 11.0. The smallest absolute Gasteiger partial charge is 0.280 e. The van der Waals surface area contributed by atoms with Crippen LogP contribution in [0.1, 0.15) is 15.4 Å². The van der Waals surface area contributed by atoms with E-state index in [-0.39, 0.29) is 11.6 Å². The van der Waals surface area contributed by atoms with Gasteiger partial charge in [-0.25, -0.2) is 9.67 Å². The summed E-state index contributed by atoms with van der Waals surface area (Å²) < 4.78 is 1.62. The van der Waals surface area contributed by atoms with E-state index in [1.54, 1.807) is 40.4 Å². The molecule has 0 unspecified atom stereocenters. The Morgan fingerprint density at radius 3 is 3.12 bits per heavy atom. The number of nitrogens with one attached hydrogen (secondary N) is 2. The number of nitrogens with zero attached hydrogens (tertiary/aromatic N) is 4. The van der Waals surface area contributed by atoms with Gasteiger partial charge in [0.25, 0.3) is 5.91 Å². The molecule has 120 valence electrons. The standard InChI is InChI=1S/C15H11ClN6OS/c16-9-3-4-11-12(6-9)18-15(17-11)19-14(23)13-8-22(21-20-13)7-10-2-1-5-24-10/h1-6,8H,7H2,(H2,17,18,19,23). The minimum absolute atomic E-state index is 0.227. The van der Waals surface area contributed by atoms with Crippen LogP contribution in [0.3, 0.4) is 0 Å². The maximum atomic E-state index is 12.3. The van der Waals surface area contributed by atoms with Crippen molar-refractivity contribution in [3.8, 4) is 0 Å². The summed E-state index contributed by atoms with van der Waals surface area (Å²) in [7, 11) is 0. The van der Waals surface area contributed by atoms with Gasteiger partial charge in [0.2, 0.25) is 5.95 Å². The van der Waals surface area contributed by atoms with Gasteiger partial charge in [-0.1, -0.05) is 22.9 Å². The summed E-state index contributed by atoms with van der Waals surface area (Å²) in [6, 6.07) is 9.24. The number of imidazole rings is 1. The van der Waals surface area contributed by atoms with E-state index in [2.05, 4.69) is 25.6 Å². The maximum Gasteiger partial charge on any atom is 0.280 e. The average Bonchev–Trinajstić information content (AvgIpc) is 3.27. The van der Waals surface area contributed by atoms with Gasteiger partial charge in [0.05, 0.1) is 23.8 Å². The quantitative estimate of drug-likeness (QED) is 0.586. The lowest BCUT2D eigenvalue weighted by Crippen LogP contribution is -2.13. The van der Waals surface area contributed by atoms with Crippen molar-refractivity contribution in [1.29, 1.82) is 0 Å². The summed E-state index contributed by atoms with van der Waals surface area (Å²) >= 11 is 7.56. The molecule has 0 bridgehead atoms. The number of hydrogen-bond donors (Lipinski definition) is 2. The van der Waals surface area contributed by atoms with Crippen LogP contribution in [0.5, 0.6) is 0 Å². The van der Waals surface area contributed by atoms with E-state index < -0.39 is 0 Å². The summed E-state index contributed by atoms with van der Waals surface area (Å²) in [5.41, 5.74) is 1.69. The third kappa shape index (κ3) is 3.01. The molecule has 4 aromatic rings. The number of anilines is 1. The van der Waals surface area contributed by atoms with Crippen LogP contribution in [-0.4, -0.2) is 30.9 Å². The molecule has 0 saturated carbocycles. The Bertz CT molecular complexity index is 1010. The zero-order valence-electron chi connectivity index (χ0n) is 12.2. The van der Waals surface area contributed by atoms with E-state index in [0.717, 1.165) is 15.9 Å². The predicted octanol–water partition coefficient (Wildman–Crippen LogP) is 3.17. The number of halogens is 1. The Balaban J connectivity index is 1.50. The number of hydrogen-bond acceptors (Lipinski definition) is 5. The molecule has 0 radical (unpaired) electrons. The Morgan fingerprint density at radius 1 is 1.38 bits per heavy atom. The summed E-state index contributed by atoms with van der Waals surface area (Å²) in [4.78, 5) is 20.7. The van der Waals surface area contributed by atoms with Crippen LogP contribution >= 0.6 is 22.9 Å². The van der Waals surface area contributed by atoms with E-state index in [1.807, 2.05) is 17.5 Å². The zero-order chi connectivity index (χ0) is 16.5. The molecule has 4 rings (SSSR count). The summed E-state index contributed by atoms with van der Waals surface area (Å²) in [6.07, 6.45) is 1.61. The number of carbonyl (C=O) groups is 1. The second-order valence-electron chi connectivity index (χ2n) is 5.08. The molecule has 0 spiro atoms. The highest BCUT2D eigenvalue weighted by molar-refractivity contribution is 7.09. The third-order valence-electron chi connectivity index (χ3n) is 3.35. The number of rotatable bonds is 4. The Morgan fingerprint density at radius 2 is 2.29 bits per heavy atom. The van der Waals surface area contributed by atoms with Gasteiger partial charge in [-0.3, -0.25) is 10.1 Å². The SMILES string of the molecule is O=C(Nc1nc2ccc(Cl)cc2[nH]1)c1cn(Cc2cccs2)nn1. The van der Waals surface area contributed by atoms with Gasteiger partial charge in [-0.2, -0.15) is 0 Å². The maximum absolute atomic E-state index is 12.3. The molecule has 0 aliphatic heterocycles. The minimum Gasteiger partial charge on any atom is -0.324 e. The van der Waals surface area contributed by atoms with Crippen LogP contribution < -0.4 is 5.32 Å². The molecule has 3 heterocycles. The van der Waals surface area contributed by atoms with Crippen molar-refractivity contribution in [1.82, 2.24) is 25.0 Å². The van der Waals surface area contributed by atoms with Gasteiger partial charge in [0.15, 0.2) is 5.69 Å². The molecule has 0 fully saturated rings. The number of fused-ring (bicyclic) bond motifs is 1. The molecule has 0 atom stereocenters. The Kier molecular flexibility index (Phi) is 3.75. The zero-order valence-corrected chi connectivity index (χ0v) is 13.8. The number of H-pyrrole nitrogens is 1. The highest BCUT2D eigenvalue weighted by Crippen LogP contribution is 2.19. The molecular formula is C15H11ClN6OS. The lowest BCUT2D eigenvalue weighted by molar-refractivity contribution is 0.102. The molecule has 0 aliphatic rings. The average molecular weight is 359 g/mol. The molecule has 3 aromatic heterocycles. The van der Waals surface area contributed by atoms with Gasteiger partial charge in [-0.05, 0) is 29.6 Å². The third-order valence-corrected chi connectivity index (χ3v) is 4.44. The van der Waals surface area contributed by atoms with Crippen LogP contribution in [0.2, 0.25) is 5.02 Å². The van der Waals surface area contributed by atoms with E-state index in [4.69, 9.17) is 11.6 Å². The fourth-order valence-electron chi connectivity index (χ4n) is 2.25. The Labute approximate surface area is 145 Å². The van der Waals surface area contributed by atoms with Gasteiger partial charge >= 0.3 is 0 Å². The summed E-state index contributed by atoms with van der Waals surface area (Å²) in [5, 5.41) is 13.1. The van der Waals surface area contributed by atoms with Crippen molar-refractivity contribution in [2.45, 2.75) is 6.54 Å². The number of benzene rings is 1.